The fourth-order valence-electron chi connectivity index (χ4n) is 1.57. The third-order valence-electron chi connectivity index (χ3n) is 2.40. The summed E-state index contributed by atoms with van der Waals surface area (Å²) in [7, 11) is 0. The zero-order valence-electron chi connectivity index (χ0n) is 10.0. The van der Waals surface area contributed by atoms with Crippen LogP contribution in [0.3, 0.4) is 0 Å². The van der Waals surface area contributed by atoms with Gasteiger partial charge in [-0.25, -0.2) is 4.79 Å². The van der Waals surface area contributed by atoms with Crippen LogP contribution in [0.25, 0.3) is 0 Å². The Bertz CT molecular complexity index is 336. The second-order valence-corrected chi connectivity index (χ2v) is 3.68. The molecule has 1 rings (SSSR count). The third kappa shape index (κ3) is 3.65. The number of ether oxygens (including phenoxy) is 1. The molecule has 0 saturated carbocycles. The first-order valence-corrected chi connectivity index (χ1v) is 5.90. The molecule has 0 N–H and O–H groups in total. The van der Waals surface area contributed by atoms with Gasteiger partial charge < -0.3 is 4.74 Å². The van der Waals surface area contributed by atoms with Gasteiger partial charge in [0.2, 0.25) is 0 Å². The first kappa shape index (κ1) is 12.7. The molecule has 0 aliphatic carbocycles. The minimum absolute atomic E-state index is 0.262. The van der Waals surface area contributed by atoms with Crippen LogP contribution in [0.4, 0.5) is 0 Å². The summed E-state index contributed by atoms with van der Waals surface area (Å²) in [5.74, 6) is -0.262. The highest BCUT2D eigenvalue weighted by molar-refractivity contribution is 5.90. The zero-order valence-corrected chi connectivity index (χ0v) is 10.0. The van der Waals surface area contributed by atoms with E-state index in [9.17, 15) is 4.79 Å². The summed E-state index contributed by atoms with van der Waals surface area (Å²) < 4.78 is 5.00. The Hall–Kier alpha value is -1.38. The standard InChI is InChI=1S/C13H19NO2/c1-3-5-6-9-12-11(8-7-10-14-12)13(15)16-4-2/h7-8,10H,3-6,9H2,1-2H3. The highest BCUT2D eigenvalue weighted by Gasteiger charge is 2.12. The average Bonchev–Trinajstić information content (AvgIpc) is 2.30. The Morgan fingerprint density at radius 2 is 2.19 bits per heavy atom. The van der Waals surface area contributed by atoms with Gasteiger partial charge >= 0.3 is 5.97 Å². The molecule has 3 heteroatoms. The fraction of sp³-hybridized carbons (Fsp3) is 0.538. The molecule has 0 aliphatic heterocycles. The number of unbranched alkanes of at least 4 members (excludes halogenated alkanes) is 2. The van der Waals surface area contributed by atoms with Crippen LogP contribution in [-0.2, 0) is 11.2 Å². The summed E-state index contributed by atoms with van der Waals surface area (Å²) in [6.45, 7) is 4.37. The van der Waals surface area contributed by atoms with Crippen molar-refractivity contribution in [3.63, 3.8) is 0 Å². The van der Waals surface area contributed by atoms with Gasteiger partial charge in [0.15, 0.2) is 0 Å². The van der Waals surface area contributed by atoms with Gasteiger partial charge in [0.1, 0.15) is 0 Å². The quantitative estimate of drug-likeness (QED) is 0.547. The normalized spacial score (nSPS) is 10.1. The Balaban J connectivity index is 2.71. The van der Waals surface area contributed by atoms with Gasteiger partial charge in [-0.3, -0.25) is 4.98 Å². The highest BCUT2D eigenvalue weighted by Crippen LogP contribution is 2.11. The number of rotatable bonds is 6. The maximum absolute atomic E-state index is 11.6. The van der Waals surface area contributed by atoms with Crippen LogP contribution in [0.15, 0.2) is 18.3 Å². The molecular formula is C13H19NO2. The van der Waals surface area contributed by atoms with Crippen molar-refractivity contribution in [1.29, 1.82) is 0 Å². The first-order chi connectivity index (χ1) is 7.79. The van der Waals surface area contributed by atoms with Crippen LogP contribution in [0, 0.1) is 0 Å². The average molecular weight is 221 g/mol. The van der Waals surface area contributed by atoms with E-state index in [-0.39, 0.29) is 5.97 Å². The summed E-state index contributed by atoms with van der Waals surface area (Å²) in [5, 5.41) is 0. The topological polar surface area (TPSA) is 39.2 Å². The van der Waals surface area contributed by atoms with E-state index in [1.807, 2.05) is 6.92 Å². The van der Waals surface area contributed by atoms with Crippen molar-refractivity contribution in [2.75, 3.05) is 6.61 Å². The molecule has 0 fully saturated rings. The molecule has 0 saturated heterocycles. The lowest BCUT2D eigenvalue weighted by Crippen LogP contribution is -2.09. The second-order valence-electron chi connectivity index (χ2n) is 3.68. The number of carbonyl (C=O) groups excluding carboxylic acids is 1. The number of nitrogens with zero attached hydrogens (tertiary/aromatic N) is 1. The first-order valence-electron chi connectivity index (χ1n) is 5.90. The lowest BCUT2D eigenvalue weighted by atomic mass is 10.1. The predicted molar refractivity (Wildman–Crippen MR) is 63.4 cm³/mol. The predicted octanol–water partition coefficient (Wildman–Crippen LogP) is 2.99. The van der Waals surface area contributed by atoms with E-state index in [2.05, 4.69) is 11.9 Å². The number of aryl methyl sites for hydroxylation is 1. The second kappa shape index (κ2) is 6.99. The van der Waals surface area contributed by atoms with Crippen LogP contribution < -0.4 is 0 Å². The monoisotopic (exact) mass is 221 g/mol. The molecule has 1 aromatic rings. The van der Waals surface area contributed by atoms with Crippen LogP contribution in [-0.4, -0.2) is 17.6 Å². The number of hydrogen-bond donors (Lipinski definition) is 0. The zero-order chi connectivity index (χ0) is 11.8. The number of pyridine rings is 1. The van der Waals surface area contributed by atoms with Crippen LogP contribution in [0.2, 0.25) is 0 Å². The molecule has 16 heavy (non-hydrogen) atoms. The minimum atomic E-state index is -0.262. The van der Waals surface area contributed by atoms with Crippen LogP contribution in [0.1, 0.15) is 49.2 Å². The molecule has 0 radical (unpaired) electrons. The van der Waals surface area contributed by atoms with Crippen molar-refractivity contribution < 1.29 is 9.53 Å². The van der Waals surface area contributed by atoms with E-state index in [0.29, 0.717) is 12.2 Å². The van der Waals surface area contributed by atoms with Crippen molar-refractivity contribution in [3.8, 4) is 0 Å². The van der Waals surface area contributed by atoms with E-state index in [0.717, 1.165) is 18.5 Å². The highest BCUT2D eigenvalue weighted by atomic mass is 16.5. The molecule has 0 spiro atoms. The fourth-order valence-corrected chi connectivity index (χ4v) is 1.57. The smallest absolute Gasteiger partial charge is 0.339 e. The van der Waals surface area contributed by atoms with Gasteiger partial charge in [0.05, 0.1) is 17.9 Å². The Labute approximate surface area is 96.8 Å². The Morgan fingerprint density at radius 1 is 1.38 bits per heavy atom. The van der Waals surface area contributed by atoms with E-state index >= 15 is 0 Å². The van der Waals surface area contributed by atoms with E-state index < -0.39 is 0 Å². The number of hydrogen-bond acceptors (Lipinski definition) is 3. The SMILES string of the molecule is CCCCCc1ncccc1C(=O)OCC. The molecule has 0 unspecified atom stereocenters. The van der Waals surface area contributed by atoms with E-state index in [1.165, 1.54) is 12.8 Å². The van der Waals surface area contributed by atoms with Gasteiger partial charge in [-0.2, -0.15) is 0 Å². The molecule has 0 bridgehead atoms. The van der Waals surface area contributed by atoms with Crippen molar-refractivity contribution in [3.05, 3.63) is 29.6 Å². The van der Waals surface area contributed by atoms with Crippen molar-refractivity contribution in [1.82, 2.24) is 4.98 Å². The van der Waals surface area contributed by atoms with Crippen molar-refractivity contribution in [2.45, 2.75) is 39.5 Å². The lowest BCUT2D eigenvalue weighted by molar-refractivity contribution is 0.0524. The van der Waals surface area contributed by atoms with Gasteiger partial charge in [0, 0.05) is 6.20 Å². The van der Waals surface area contributed by atoms with Gasteiger partial charge in [-0.05, 0) is 31.9 Å². The largest absolute Gasteiger partial charge is 0.462 e. The summed E-state index contributed by atoms with van der Waals surface area (Å²) in [5.41, 5.74) is 1.47. The molecule has 1 heterocycles. The molecule has 88 valence electrons. The molecule has 1 aromatic heterocycles. The minimum Gasteiger partial charge on any atom is -0.462 e. The Morgan fingerprint density at radius 3 is 2.88 bits per heavy atom. The summed E-state index contributed by atoms with van der Waals surface area (Å²) >= 11 is 0. The van der Waals surface area contributed by atoms with Crippen LogP contribution >= 0.6 is 0 Å². The summed E-state index contributed by atoms with van der Waals surface area (Å²) in [4.78, 5) is 15.9. The van der Waals surface area contributed by atoms with E-state index in [1.54, 1.807) is 18.3 Å². The Kier molecular flexibility index (Phi) is 5.54. The molecule has 0 aromatic carbocycles. The van der Waals surface area contributed by atoms with Crippen molar-refractivity contribution in [2.24, 2.45) is 0 Å². The van der Waals surface area contributed by atoms with Crippen molar-refractivity contribution >= 4 is 5.97 Å². The molecule has 3 nitrogen and oxygen atoms in total. The maximum Gasteiger partial charge on any atom is 0.339 e. The molecule has 0 aliphatic rings. The lowest BCUT2D eigenvalue weighted by Gasteiger charge is -2.07. The number of carbonyl (C=O) groups is 1. The summed E-state index contributed by atoms with van der Waals surface area (Å²) in [6, 6.07) is 3.56. The summed E-state index contributed by atoms with van der Waals surface area (Å²) in [6.07, 6.45) is 5.98. The van der Waals surface area contributed by atoms with Gasteiger partial charge in [-0.15, -0.1) is 0 Å². The third-order valence-corrected chi connectivity index (χ3v) is 2.40. The van der Waals surface area contributed by atoms with Crippen LogP contribution in [0.5, 0.6) is 0 Å². The molecular weight excluding hydrogens is 202 g/mol. The van der Waals surface area contributed by atoms with Gasteiger partial charge in [0.25, 0.3) is 0 Å². The van der Waals surface area contributed by atoms with E-state index in [4.69, 9.17) is 4.74 Å². The number of esters is 1. The number of aromatic nitrogens is 1. The molecule has 0 amide bonds. The maximum atomic E-state index is 11.6. The molecule has 0 atom stereocenters. The van der Waals surface area contributed by atoms with Gasteiger partial charge in [-0.1, -0.05) is 19.8 Å².